The first kappa shape index (κ1) is 15.9. The van der Waals surface area contributed by atoms with Crippen LogP contribution < -0.4 is 10.6 Å². The van der Waals surface area contributed by atoms with E-state index in [4.69, 9.17) is 17.3 Å². The first-order valence-electron chi connectivity index (χ1n) is 7.58. The van der Waals surface area contributed by atoms with Crippen LogP contribution in [-0.4, -0.2) is 13.1 Å². The molecule has 0 aliphatic rings. The van der Waals surface area contributed by atoms with Gasteiger partial charge in [-0.1, -0.05) is 49.2 Å². The van der Waals surface area contributed by atoms with E-state index in [9.17, 15) is 0 Å². The van der Waals surface area contributed by atoms with Crippen molar-refractivity contribution in [2.75, 3.05) is 18.0 Å². The third kappa shape index (κ3) is 3.99. The molecule has 0 aliphatic carbocycles. The SMILES string of the molecule is CCCCN(c1ccccc1)c1cccc(Cl)c1CCN. The maximum atomic E-state index is 6.39. The topological polar surface area (TPSA) is 29.3 Å². The molecule has 2 N–H and O–H groups in total. The van der Waals surface area contributed by atoms with Gasteiger partial charge in [0.15, 0.2) is 0 Å². The number of benzene rings is 2. The Hall–Kier alpha value is -1.51. The third-order valence-electron chi connectivity index (χ3n) is 3.58. The van der Waals surface area contributed by atoms with Crippen molar-refractivity contribution in [3.05, 3.63) is 59.1 Å². The Balaban J connectivity index is 2.43. The van der Waals surface area contributed by atoms with Crippen LogP contribution in [0, 0.1) is 0 Å². The van der Waals surface area contributed by atoms with E-state index >= 15 is 0 Å². The quantitative estimate of drug-likeness (QED) is 0.797. The lowest BCUT2D eigenvalue weighted by Gasteiger charge is -2.28. The van der Waals surface area contributed by atoms with Crippen molar-refractivity contribution in [2.45, 2.75) is 26.2 Å². The van der Waals surface area contributed by atoms with Gasteiger partial charge in [0.05, 0.1) is 0 Å². The summed E-state index contributed by atoms with van der Waals surface area (Å²) in [6.45, 7) is 3.80. The molecular formula is C18H23ClN2. The van der Waals surface area contributed by atoms with Gasteiger partial charge in [-0.15, -0.1) is 0 Å². The van der Waals surface area contributed by atoms with Gasteiger partial charge in [0, 0.05) is 22.9 Å². The highest BCUT2D eigenvalue weighted by Gasteiger charge is 2.14. The molecule has 0 saturated heterocycles. The van der Waals surface area contributed by atoms with E-state index in [0.717, 1.165) is 36.4 Å². The van der Waals surface area contributed by atoms with Crippen molar-refractivity contribution in [1.29, 1.82) is 0 Å². The molecule has 0 unspecified atom stereocenters. The summed E-state index contributed by atoms with van der Waals surface area (Å²) >= 11 is 6.39. The normalized spacial score (nSPS) is 10.6. The average molecular weight is 303 g/mol. The molecule has 0 aromatic heterocycles. The zero-order valence-electron chi connectivity index (χ0n) is 12.6. The summed E-state index contributed by atoms with van der Waals surface area (Å²) in [7, 11) is 0. The van der Waals surface area contributed by atoms with E-state index < -0.39 is 0 Å². The van der Waals surface area contributed by atoms with Crippen molar-refractivity contribution in [2.24, 2.45) is 5.73 Å². The molecule has 0 aliphatic heterocycles. The molecule has 0 heterocycles. The number of unbranched alkanes of at least 4 members (excludes halogenated alkanes) is 1. The molecule has 0 bridgehead atoms. The van der Waals surface area contributed by atoms with Gasteiger partial charge in [0.25, 0.3) is 0 Å². The molecule has 0 spiro atoms. The lowest BCUT2D eigenvalue weighted by atomic mass is 10.1. The number of hydrogen-bond donors (Lipinski definition) is 1. The molecule has 0 fully saturated rings. The molecule has 3 heteroatoms. The Morgan fingerprint density at radius 2 is 1.81 bits per heavy atom. The van der Waals surface area contributed by atoms with Gasteiger partial charge in [-0.05, 0) is 49.2 Å². The summed E-state index contributed by atoms with van der Waals surface area (Å²) in [5.74, 6) is 0. The molecule has 2 aromatic carbocycles. The molecule has 0 radical (unpaired) electrons. The predicted molar refractivity (Wildman–Crippen MR) is 92.6 cm³/mol. The number of anilines is 2. The number of nitrogens with zero attached hydrogens (tertiary/aromatic N) is 1. The van der Waals surface area contributed by atoms with Crippen LogP contribution in [0.5, 0.6) is 0 Å². The fourth-order valence-electron chi connectivity index (χ4n) is 2.50. The lowest BCUT2D eigenvalue weighted by molar-refractivity contribution is 0.782. The molecule has 2 aromatic rings. The second kappa shape index (κ2) is 8.06. The smallest absolute Gasteiger partial charge is 0.0459 e. The third-order valence-corrected chi connectivity index (χ3v) is 3.94. The number of nitrogens with two attached hydrogens (primary N) is 1. The van der Waals surface area contributed by atoms with Crippen molar-refractivity contribution in [3.63, 3.8) is 0 Å². The minimum atomic E-state index is 0.604. The van der Waals surface area contributed by atoms with Gasteiger partial charge >= 0.3 is 0 Å². The summed E-state index contributed by atoms with van der Waals surface area (Å²) in [6.07, 6.45) is 3.10. The Bertz CT molecular complexity index is 554. The fourth-order valence-corrected chi connectivity index (χ4v) is 2.77. The van der Waals surface area contributed by atoms with Crippen LogP contribution in [0.3, 0.4) is 0 Å². The van der Waals surface area contributed by atoms with Crippen LogP contribution in [0.1, 0.15) is 25.3 Å². The first-order chi connectivity index (χ1) is 10.3. The van der Waals surface area contributed by atoms with E-state index in [1.54, 1.807) is 0 Å². The molecule has 0 atom stereocenters. The van der Waals surface area contributed by atoms with Crippen molar-refractivity contribution >= 4 is 23.0 Å². The van der Waals surface area contributed by atoms with Crippen LogP contribution in [0.25, 0.3) is 0 Å². The van der Waals surface area contributed by atoms with E-state index in [1.807, 2.05) is 18.2 Å². The minimum absolute atomic E-state index is 0.604. The minimum Gasteiger partial charge on any atom is -0.341 e. The van der Waals surface area contributed by atoms with Crippen molar-refractivity contribution < 1.29 is 0 Å². The Morgan fingerprint density at radius 1 is 1.05 bits per heavy atom. The second-order valence-electron chi connectivity index (χ2n) is 5.12. The number of para-hydroxylation sites is 1. The van der Waals surface area contributed by atoms with E-state index in [0.29, 0.717) is 6.54 Å². The zero-order chi connectivity index (χ0) is 15.1. The van der Waals surface area contributed by atoms with E-state index in [2.05, 4.69) is 42.2 Å². The standard InChI is InChI=1S/C18H23ClN2/c1-2-3-14-21(15-8-5-4-6-9-15)18-11-7-10-17(19)16(18)12-13-20/h4-11H,2-3,12-14,20H2,1H3. The molecule has 112 valence electrons. The maximum absolute atomic E-state index is 6.39. The van der Waals surface area contributed by atoms with Gasteiger partial charge in [0.1, 0.15) is 0 Å². The van der Waals surface area contributed by atoms with Crippen LogP contribution in [0.2, 0.25) is 5.02 Å². The number of rotatable bonds is 7. The summed E-state index contributed by atoms with van der Waals surface area (Å²) < 4.78 is 0. The van der Waals surface area contributed by atoms with Crippen molar-refractivity contribution in [1.82, 2.24) is 0 Å². The van der Waals surface area contributed by atoms with Crippen LogP contribution in [0.4, 0.5) is 11.4 Å². The molecule has 21 heavy (non-hydrogen) atoms. The van der Waals surface area contributed by atoms with Gasteiger partial charge in [-0.25, -0.2) is 0 Å². The highest BCUT2D eigenvalue weighted by molar-refractivity contribution is 6.31. The van der Waals surface area contributed by atoms with Gasteiger partial charge in [-0.3, -0.25) is 0 Å². The molecule has 2 rings (SSSR count). The summed E-state index contributed by atoms with van der Waals surface area (Å²) in [4.78, 5) is 2.35. The predicted octanol–water partition coefficient (Wildman–Crippen LogP) is 4.78. The molecular weight excluding hydrogens is 280 g/mol. The van der Waals surface area contributed by atoms with Crippen molar-refractivity contribution in [3.8, 4) is 0 Å². The number of halogens is 1. The fraction of sp³-hybridized carbons (Fsp3) is 0.333. The van der Waals surface area contributed by atoms with E-state index in [1.165, 1.54) is 11.4 Å². The van der Waals surface area contributed by atoms with Gasteiger partial charge in [-0.2, -0.15) is 0 Å². The van der Waals surface area contributed by atoms with Crippen LogP contribution >= 0.6 is 11.6 Å². The highest BCUT2D eigenvalue weighted by Crippen LogP contribution is 2.33. The number of hydrogen-bond acceptors (Lipinski definition) is 2. The highest BCUT2D eigenvalue weighted by atomic mass is 35.5. The maximum Gasteiger partial charge on any atom is 0.0459 e. The monoisotopic (exact) mass is 302 g/mol. The zero-order valence-corrected chi connectivity index (χ0v) is 13.3. The van der Waals surface area contributed by atoms with Crippen LogP contribution in [0.15, 0.2) is 48.5 Å². The average Bonchev–Trinajstić information content (AvgIpc) is 2.52. The summed E-state index contributed by atoms with van der Waals surface area (Å²) in [5.41, 5.74) is 9.27. The second-order valence-corrected chi connectivity index (χ2v) is 5.52. The van der Waals surface area contributed by atoms with E-state index in [-0.39, 0.29) is 0 Å². The van der Waals surface area contributed by atoms with Gasteiger partial charge in [0.2, 0.25) is 0 Å². The largest absolute Gasteiger partial charge is 0.341 e. The van der Waals surface area contributed by atoms with Crippen LogP contribution in [-0.2, 0) is 6.42 Å². The molecule has 0 saturated carbocycles. The Morgan fingerprint density at radius 3 is 2.48 bits per heavy atom. The lowest BCUT2D eigenvalue weighted by Crippen LogP contribution is -2.20. The Labute approximate surface area is 132 Å². The van der Waals surface area contributed by atoms with Gasteiger partial charge < -0.3 is 10.6 Å². The Kier molecular flexibility index (Phi) is 6.09. The summed E-state index contributed by atoms with van der Waals surface area (Å²) in [6, 6.07) is 16.6. The molecule has 0 amide bonds. The molecule has 2 nitrogen and oxygen atoms in total. The summed E-state index contributed by atoms with van der Waals surface area (Å²) in [5, 5.41) is 0.801. The first-order valence-corrected chi connectivity index (χ1v) is 7.95.